The van der Waals surface area contributed by atoms with E-state index in [-0.39, 0.29) is 23.5 Å². The van der Waals surface area contributed by atoms with Crippen molar-refractivity contribution < 1.29 is 27.4 Å². The second-order valence-electron chi connectivity index (χ2n) is 8.18. The number of methoxy groups -OCH3 is 2. The molecule has 0 aromatic heterocycles. The van der Waals surface area contributed by atoms with Crippen LogP contribution in [0.4, 0.5) is 0 Å². The fraction of sp³-hybridized carbons (Fsp3) is 0.458. The lowest BCUT2D eigenvalue weighted by molar-refractivity contribution is -0.124. The van der Waals surface area contributed by atoms with Gasteiger partial charge in [-0.05, 0) is 62.9 Å². The zero-order valence-electron chi connectivity index (χ0n) is 19.5. The van der Waals surface area contributed by atoms with Crippen molar-refractivity contribution >= 4 is 15.9 Å². The molecule has 0 radical (unpaired) electrons. The van der Waals surface area contributed by atoms with Gasteiger partial charge in [-0.2, -0.15) is 4.31 Å². The van der Waals surface area contributed by atoms with Crippen molar-refractivity contribution in [2.24, 2.45) is 0 Å². The fourth-order valence-electron chi connectivity index (χ4n) is 3.80. The largest absolute Gasteiger partial charge is 0.493 e. The van der Waals surface area contributed by atoms with Gasteiger partial charge in [-0.25, -0.2) is 8.42 Å². The van der Waals surface area contributed by atoms with Gasteiger partial charge in [0.15, 0.2) is 11.5 Å². The standard InChI is InChI=1S/C24H32N2O6S/c1-17(2)32-19-10-8-18(9-11-19)16-26(21-7-5-6-14-25-24(21)27)33(28,29)20-12-13-22(30-3)23(15-20)31-4/h8-13,15,17,21H,5-7,14,16H2,1-4H3,(H,25,27)/t21-/m0/s1. The molecule has 1 fully saturated rings. The van der Waals surface area contributed by atoms with Crippen LogP contribution in [0.3, 0.4) is 0 Å². The van der Waals surface area contributed by atoms with Crippen LogP contribution in [0.5, 0.6) is 17.2 Å². The molecule has 1 atom stereocenters. The molecule has 1 N–H and O–H groups in total. The van der Waals surface area contributed by atoms with Gasteiger partial charge >= 0.3 is 0 Å². The van der Waals surface area contributed by atoms with Crippen molar-refractivity contribution in [3.8, 4) is 17.2 Å². The summed E-state index contributed by atoms with van der Waals surface area (Å²) in [5.74, 6) is 1.15. The van der Waals surface area contributed by atoms with Crippen molar-refractivity contribution in [3.63, 3.8) is 0 Å². The van der Waals surface area contributed by atoms with Crippen LogP contribution >= 0.6 is 0 Å². The summed E-state index contributed by atoms with van der Waals surface area (Å²) in [7, 11) is -1.09. The van der Waals surface area contributed by atoms with E-state index in [1.807, 2.05) is 38.1 Å². The lowest BCUT2D eigenvalue weighted by atomic mass is 10.1. The first-order chi connectivity index (χ1) is 15.8. The number of carbonyl (C=O) groups is 1. The first-order valence-electron chi connectivity index (χ1n) is 11.0. The molecular weight excluding hydrogens is 444 g/mol. The number of amides is 1. The molecule has 1 heterocycles. The fourth-order valence-corrected chi connectivity index (χ4v) is 5.42. The van der Waals surface area contributed by atoms with Crippen LogP contribution in [0.25, 0.3) is 0 Å². The molecular formula is C24H32N2O6S. The Morgan fingerprint density at radius 2 is 1.73 bits per heavy atom. The van der Waals surface area contributed by atoms with Crippen molar-refractivity contribution in [1.82, 2.24) is 9.62 Å². The van der Waals surface area contributed by atoms with Gasteiger partial charge < -0.3 is 19.5 Å². The molecule has 0 bridgehead atoms. The van der Waals surface area contributed by atoms with Crippen LogP contribution in [-0.2, 0) is 21.4 Å². The predicted octanol–water partition coefficient (Wildman–Crippen LogP) is 3.35. The van der Waals surface area contributed by atoms with E-state index in [0.717, 1.165) is 18.4 Å². The maximum Gasteiger partial charge on any atom is 0.244 e. The summed E-state index contributed by atoms with van der Waals surface area (Å²) in [5.41, 5.74) is 0.757. The highest BCUT2D eigenvalue weighted by Crippen LogP contribution is 2.32. The minimum atomic E-state index is -4.03. The molecule has 1 saturated heterocycles. The molecule has 0 aliphatic carbocycles. The topological polar surface area (TPSA) is 94.2 Å². The maximum atomic E-state index is 13.8. The van der Waals surface area contributed by atoms with E-state index in [1.165, 1.54) is 30.7 Å². The van der Waals surface area contributed by atoms with Gasteiger partial charge in [0.1, 0.15) is 11.8 Å². The smallest absolute Gasteiger partial charge is 0.244 e. The first-order valence-corrected chi connectivity index (χ1v) is 12.5. The Labute approximate surface area is 195 Å². The van der Waals surface area contributed by atoms with E-state index in [1.54, 1.807) is 6.07 Å². The molecule has 180 valence electrons. The maximum absolute atomic E-state index is 13.8. The molecule has 2 aromatic rings. The second-order valence-corrected chi connectivity index (χ2v) is 10.1. The van der Waals surface area contributed by atoms with Crippen molar-refractivity contribution in [1.29, 1.82) is 0 Å². The molecule has 33 heavy (non-hydrogen) atoms. The third kappa shape index (κ3) is 5.97. The molecule has 0 saturated carbocycles. The van der Waals surface area contributed by atoms with Crippen molar-refractivity contribution in [2.75, 3.05) is 20.8 Å². The molecule has 3 rings (SSSR count). The SMILES string of the molecule is COc1ccc(S(=O)(=O)N(Cc2ccc(OC(C)C)cc2)[C@H]2CCCCNC2=O)cc1OC. The molecule has 1 aliphatic rings. The van der Waals surface area contributed by atoms with Gasteiger partial charge in [-0.1, -0.05) is 12.1 Å². The van der Waals surface area contributed by atoms with Gasteiger partial charge in [0.05, 0.1) is 25.2 Å². The summed E-state index contributed by atoms with van der Waals surface area (Å²) < 4.78 is 45.1. The summed E-state index contributed by atoms with van der Waals surface area (Å²) in [6.45, 7) is 4.48. The van der Waals surface area contributed by atoms with Crippen molar-refractivity contribution in [3.05, 3.63) is 48.0 Å². The molecule has 2 aromatic carbocycles. The van der Waals surface area contributed by atoms with E-state index in [0.29, 0.717) is 30.2 Å². The lowest BCUT2D eigenvalue weighted by Crippen LogP contribution is -2.48. The quantitative estimate of drug-likeness (QED) is 0.597. The molecule has 1 aliphatic heterocycles. The van der Waals surface area contributed by atoms with Crippen LogP contribution in [0.15, 0.2) is 47.4 Å². The second kappa shape index (κ2) is 10.9. The summed E-state index contributed by atoms with van der Waals surface area (Å²) in [6.07, 6.45) is 2.05. The lowest BCUT2D eigenvalue weighted by Gasteiger charge is -2.29. The van der Waals surface area contributed by atoms with Crippen molar-refractivity contribution in [2.45, 2.75) is 56.7 Å². The molecule has 0 unspecified atom stereocenters. The number of nitrogens with one attached hydrogen (secondary N) is 1. The average Bonchev–Trinajstić information content (AvgIpc) is 3.01. The predicted molar refractivity (Wildman–Crippen MR) is 125 cm³/mol. The van der Waals surface area contributed by atoms with Crippen LogP contribution < -0.4 is 19.5 Å². The number of ether oxygens (including phenoxy) is 3. The summed E-state index contributed by atoms with van der Waals surface area (Å²) in [5, 5.41) is 2.85. The van der Waals surface area contributed by atoms with E-state index >= 15 is 0 Å². The van der Waals surface area contributed by atoms with Gasteiger partial charge in [0, 0.05) is 19.2 Å². The van der Waals surface area contributed by atoms with E-state index in [2.05, 4.69) is 5.32 Å². The number of carbonyl (C=O) groups excluding carboxylic acids is 1. The highest BCUT2D eigenvalue weighted by atomic mass is 32.2. The zero-order chi connectivity index (χ0) is 24.0. The average molecular weight is 477 g/mol. The summed E-state index contributed by atoms with van der Waals surface area (Å²) in [6, 6.07) is 10.9. The van der Waals surface area contributed by atoms with Crippen LogP contribution in [0.2, 0.25) is 0 Å². The third-order valence-electron chi connectivity index (χ3n) is 5.45. The number of nitrogens with zero attached hydrogens (tertiary/aromatic N) is 1. The highest BCUT2D eigenvalue weighted by molar-refractivity contribution is 7.89. The van der Waals surface area contributed by atoms with Crippen LogP contribution in [0, 0.1) is 0 Å². The number of hydrogen-bond acceptors (Lipinski definition) is 6. The zero-order valence-corrected chi connectivity index (χ0v) is 20.4. The third-order valence-corrected chi connectivity index (χ3v) is 7.30. The molecule has 0 spiro atoms. The highest BCUT2D eigenvalue weighted by Gasteiger charge is 2.37. The van der Waals surface area contributed by atoms with Gasteiger partial charge in [-0.15, -0.1) is 0 Å². The summed E-state index contributed by atoms with van der Waals surface area (Å²) in [4.78, 5) is 12.9. The number of hydrogen-bond donors (Lipinski definition) is 1. The van der Waals surface area contributed by atoms with Gasteiger partial charge in [0.2, 0.25) is 15.9 Å². The Morgan fingerprint density at radius 1 is 1.03 bits per heavy atom. The molecule has 1 amide bonds. The number of benzene rings is 2. The Morgan fingerprint density at radius 3 is 2.36 bits per heavy atom. The Bertz CT molecular complexity index is 1050. The van der Waals surface area contributed by atoms with Crippen LogP contribution in [0.1, 0.15) is 38.7 Å². The Hall–Kier alpha value is -2.78. The van der Waals surface area contributed by atoms with E-state index in [9.17, 15) is 13.2 Å². The number of rotatable bonds is 9. The minimum absolute atomic E-state index is 0.0347. The number of sulfonamides is 1. The van der Waals surface area contributed by atoms with Crippen LogP contribution in [-0.4, -0.2) is 51.5 Å². The normalized spacial score (nSPS) is 16.9. The van der Waals surface area contributed by atoms with E-state index in [4.69, 9.17) is 14.2 Å². The monoisotopic (exact) mass is 476 g/mol. The minimum Gasteiger partial charge on any atom is -0.493 e. The Kier molecular flexibility index (Phi) is 8.20. The first kappa shape index (κ1) is 24.9. The molecule has 8 nitrogen and oxygen atoms in total. The van der Waals surface area contributed by atoms with Gasteiger partial charge in [-0.3, -0.25) is 4.79 Å². The van der Waals surface area contributed by atoms with E-state index < -0.39 is 16.1 Å². The molecule has 9 heteroatoms. The van der Waals surface area contributed by atoms with Gasteiger partial charge in [0.25, 0.3) is 0 Å². The Balaban J connectivity index is 2.00. The summed E-state index contributed by atoms with van der Waals surface area (Å²) >= 11 is 0.